The van der Waals surface area contributed by atoms with Crippen molar-refractivity contribution in [3.05, 3.63) is 65.7 Å². The Hall–Kier alpha value is -2.31. The second kappa shape index (κ2) is 8.69. The molecule has 1 aliphatic heterocycles. The average molecular weight is 343 g/mol. The third-order valence-corrected chi connectivity index (χ3v) is 4.22. The SMILES string of the molecule is O=C(c1ccccn1)N(CCN1CCOCC1)Cc1cccc(F)c1. The van der Waals surface area contributed by atoms with Crippen molar-refractivity contribution in [3.63, 3.8) is 0 Å². The first-order valence-corrected chi connectivity index (χ1v) is 8.47. The molecule has 1 fully saturated rings. The second-order valence-electron chi connectivity index (χ2n) is 6.03. The van der Waals surface area contributed by atoms with Gasteiger partial charge in [-0.3, -0.25) is 14.7 Å². The van der Waals surface area contributed by atoms with Crippen molar-refractivity contribution in [2.75, 3.05) is 39.4 Å². The van der Waals surface area contributed by atoms with Crippen LogP contribution in [0.25, 0.3) is 0 Å². The Morgan fingerprint density at radius 2 is 2.04 bits per heavy atom. The number of morpholine rings is 1. The van der Waals surface area contributed by atoms with Crippen LogP contribution >= 0.6 is 0 Å². The molecule has 132 valence electrons. The molecule has 25 heavy (non-hydrogen) atoms. The number of hydrogen-bond donors (Lipinski definition) is 0. The first kappa shape index (κ1) is 17.5. The van der Waals surface area contributed by atoms with Crippen LogP contribution in [-0.4, -0.2) is 60.1 Å². The van der Waals surface area contributed by atoms with Crippen molar-refractivity contribution in [2.45, 2.75) is 6.54 Å². The topological polar surface area (TPSA) is 45.7 Å². The molecule has 3 rings (SSSR count). The van der Waals surface area contributed by atoms with E-state index in [4.69, 9.17) is 4.74 Å². The zero-order valence-corrected chi connectivity index (χ0v) is 14.1. The molecule has 0 N–H and O–H groups in total. The fourth-order valence-corrected chi connectivity index (χ4v) is 2.85. The van der Waals surface area contributed by atoms with E-state index >= 15 is 0 Å². The van der Waals surface area contributed by atoms with E-state index in [1.54, 1.807) is 35.4 Å². The van der Waals surface area contributed by atoms with Crippen LogP contribution in [0.3, 0.4) is 0 Å². The highest BCUT2D eigenvalue weighted by molar-refractivity contribution is 5.92. The molecule has 6 heteroatoms. The predicted octanol–water partition coefficient (Wildman–Crippen LogP) is 2.20. The van der Waals surface area contributed by atoms with Gasteiger partial charge in [-0.2, -0.15) is 0 Å². The van der Waals surface area contributed by atoms with E-state index in [-0.39, 0.29) is 11.7 Å². The maximum absolute atomic E-state index is 13.5. The van der Waals surface area contributed by atoms with Crippen molar-refractivity contribution in [2.24, 2.45) is 0 Å². The van der Waals surface area contributed by atoms with Crippen LogP contribution < -0.4 is 0 Å². The Labute approximate surface area is 147 Å². The van der Waals surface area contributed by atoms with E-state index in [2.05, 4.69) is 9.88 Å². The Morgan fingerprint density at radius 3 is 2.76 bits per heavy atom. The molecule has 0 radical (unpaired) electrons. The minimum Gasteiger partial charge on any atom is -0.379 e. The fraction of sp³-hybridized carbons (Fsp3) is 0.368. The summed E-state index contributed by atoms with van der Waals surface area (Å²) < 4.78 is 18.8. The molecular weight excluding hydrogens is 321 g/mol. The molecule has 1 saturated heterocycles. The van der Waals surface area contributed by atoms with Gasteiger partial charge in [0.2, 0.25) is 0 Å². The number of ether oxygens (including phenoxy) is 1. The van der Waals surface area contributed by atoms with Gasteiger partial charge in [-0.25, -0.2) is 4.39 Å². The van der Waals surface area contributed by atoms with Crippen LogP contribution in [-0.2, 0) is 11.3 Å². The first-order valence-electron chi connectivity index (χ1n) is 8.47. The Bertz CT molecular complexity index is 690. The highest BCUT2D eigenvalue weighted by Gasteiger charge is 2.19. The molecule has 5 nitrogen and oxygen atoms in total. The zero-order chi connectivity index (χ0) is 17.5. The minimum absolute atomic E-state index is 0.141. The van der Waals surface area contributed by atoms with Gasteiger partial charge < -0.3 is 9.64 Å². The maximum Gasteiger partial charge on any atom is 0.272 e. The van der Waals surface area contributed by atoms with E-state index < -0.39 is 0 Å². The number of halogens is 1. The summed E-state index contributed by atoms with van der Waals surface area (Å²) in [5.74, 6) is -0.436. The molecule has 1 aliphatic rings. The van der Waals surface area contributed by atoms with Gasteiger partial charge in [0.1, 0.15) is 11.5 Å². The molecule has 0 atom stereocenters. The summed E-state index contributed by atoms with van der Waals surface area (Å²) in [4.78, 5) is 21.0. The summed E-state index contributed by atoms with van der Waals surface area (Å²) in [5.41, 5.74) is 1.17. The van der Waals surface area contributed by atoms with Crippen LogP contribution in [0.4, 0.5) is 4.39 Å². The Kier molecular flexibility index (Phi) is 6.09. The lowest BCUT2D eigenvalue weighted by Crippen LogP contribution is -2.43. The number of rotatable bonds is 6. The molecular formula is C19H22FN3O2. The van der Waals surface area contributed by atoms with Crippen molar-refractivity contribution in [1.29, 1.82) is 0 Å². The lowest BCUT2D eigenvalue weighted by atomic mass is 10.2. The molecule has 1 aromatic heterocycles. The number of aromatic nitrogens is 1. The van der Waals surface area contributed by atoms with E-state index in [0.29, 0.717) is 18.8 Å². The van der Waals surface area contributed by atoms with Crippen LogP contribution in [0.15, 0.2) is 48.7 Å². The third kappa shape index (κ3) is 5.08. The van der Waals surface area contributed by atoms with E-state index in [9.17, 15) is 9.18 Å². The minimum atomic E-state index is -0.295. The summed E-state index contributed by atoms with van der Waals surface area (Å²) in [7, 11) is 0. The fourth-order valence-electron chi connectivity index (χ4n) is 2.85. The van der Waals surface area contributed by atoms with Gasteiger partial charge in [-0.15, -0.1) is 0 Å². The van der Waals surface area contributed by atoms with E-state index in [1.165, 1.54) is 12.1 Å². The van der Waals surface area contributed by atoms with E-state index in [1.807, 2.05) is 6.07 Å². The average Bonchev–Trinajstić information content (AvgIpc) is 2.66. The van der Waals surface area contributed by atoms with Crippen molar-refractivity contribution in [1.82, 2.24) is 14.8 Å². The van der Waals surface area contributed by atoms with Gasteiger partial charge in [0.05, 0.1) is 13.2 Å². The van der Waals surface area contributed by atoms with Crippen LogP contribution in [0, 0.1) is 5.82 Å². The molecule has 1 amide bonds. The molecule has 0 unspecified atom stereocenters. The summed E-state index contributed by atoms with van der Waals surface area (Å²) in [5, 5.41) is 0. The maximum atomic E-state index is 13.5. The highest BCUT2D eigenvalue weighted by atomic mass is 19.1. The standard InChI is InChI=1S/C19H22FN3O2/c20-17-5-3-4-16(14-17)15-23(9-8-22-10-12-25-13-11-22)19(24)18-6-1-2-7-21-18/h1-7,14H,8-13,15H2. The largest absolute Gasteiger partial charge is 0.379 e. The van der Waals surface area contributed by atoms with Crippen molar-refractivity contribution >= 4 is 5.91 Å². The van der Waals surface area contributed by atoms with Gasteiger partial charge in [-0.1, -0.05) is 18.2 Å². The number of carbonyl (C=O) groups is 1. The molecule has 0 saturated carbocycles. The summed E-state index contributed by atoms with van der Waals surface area (Å²) >= 11 is 0. The monoisotopic (exact) mass is 343 g/mol. The third-order valence-electron chi connectivity index (χ3n) is 4.22. The van der Waals surface area contributed by atoms with Gasteiger partial charge in [0, 0.05) is 38.9 Å². The lowest BCUT2D eigenvalue weighted by Gasteiger charge is -2.30. The quantitative estimate of drug-likeness (QED) is 0.807. The summed E-state index contributed by atoms with van der Waals surface area (Å²) in [6.45, 7) is 4.86. The van der Waals surface area contributed by atoms with Gasteiger partial charge >= 0.3 is 0 Å². The normalized spacial score (nSPS) is 15.1. The zero-order valence-electron chi connectivity index (χ0n) is 14.1. The highest BCUT2D eigenvalue weighted by Crippen LogP contribution is 2.11. The lowest BCUT2D eigenvalue weighted by molar-refractivity contribution is 0.0319. The molecule has 2 heterocycles. The van der Waals surface area contributed by atoms with Crippen LogP contribution in [0.1, 0.15) is 16.1 Å². The smallest absolute Gasteiger partial charge is 0.272 e. The first-order chi connectivity index (χ1) is 12.2. The van der Waals surface area contributed by atoms with Gasteiger partial charge in [0.15, 0.2) is 0 Å². The van der Waals surface area contributed by atoms with Crippen LogP contribution in [0.5, 0.6) is 0 Å². The predicted molar refractivity (Wildman–Crippen MR) is 92.6 cm³/mol. The Morgan fingerprint density at radius 1 is 1.20 bits per heavy atom. The molecule has 2 aromatic rings. The number of benzene rings is 1. The number of amides is 1. The summed E-state index contributed by atoms with van der Waals surface area (Å²) in [6.07, 6.45) is 1.61. The van der Waals surface area contributed by atoms with Gasteiger partial charge in [-0.05, 0) is 29.8 Å². The van der Waals surface area contributed by atoms with Crippen molar-refractivity contribution in [3.8, 4) is 0 Å². The van der Waals surface area contributed by atoms with Crippen LogP contribution in [0.2, 0.25) is 0 Å². The van der Waals surface area contributed by atoms with E-state index in [0.717, 1.165) is 38.4 Å². The number of pyridine rings is 1. The molecule has 0 spiro atoms. The number of nitrogens with zero attached hydrogens (tertiary/aromatic N) is 3. The summed E-state index contributed by atoms with van der Waals surface area (Å²) in [6, 6.07) is 11.6. The second-order valence-corrected chi connectivity index (χ2v) is 6.03. The van der Waals surface area contributed by atoms with Gasteiger partial charge in [0.25, 0.3) is 5.91 Å². The number of carbonyl (C=O) groups excluding carboxylic acids is 1. The number of hydrogen-bond acceptors (Lipinski definition) is 4. The molecule has 1 aromatic carbocycles. The molecule has 0 bridgehead atoms. The Balaban J connectivity index is 1.71. The van der Waals surface area contributed by atoms with Crippen molar-refractivity contribution < 1.29 is 13.9 Å². The molecule has 0 aliphatic carbocycles.